The molecule has 1 aromatic heterocycles. The van der Waals surface area contributed by atoms with Gasteiger partial charge >= 0.3 is 0 Å². The van der Waals surface area contributed by atoms with Crippen LogP contribution >= 0.6 is 0 Å². The van der Waals surface area contributed by atoms with Crippen LogP contribution in [0.2, 0.25) is 0 Å². The van der Waals surface area contributed by atoms with Gasteiger partial charge in [-0.05, 0) is 18.2 Å². The highest BCUT2D eigenvalue weighted by Gasteiger charge is 2.16. The van der Waals surface area contributed by atoms with E-state index < -0.39 is 10.8 Å². The summed E-state index contributed by atoms with van der Waals surface area (Å²) in [7, 11) is 0. The lowest BCUT2D eigenvalue weighted by Crippen LogP contribution is -2.27. The lowest BCUT2D eigenvalue weighted by atomic mass is 10.1. The van der Waals surface area contributed by atoms with Gasteiger partial charge in [0.05, 0.1) is 11.5 Å². The van der Waals surface area contributed by atoms with Crippen LogP contribution in [0.25, 0.3) is 0 Å². The summed E-state index contributed by atoms with van der Waals surface area (Å²) < 4.78 is 1.67. The molecule has 0 saturated heterocycles. The number of aromatic nitrogens is 2. The first kappa shape index (κ1) is 14.5. The summed E-state index contributed by atoms with van der Waals surface area (Å²) >= 11 is 0. The predicted octanol–water partition coefficient (Wildman–Crippen LogP) is 0.507. The molecule has 1 amide bonds. The fourth-order valence-electron chi connectivity index (χ4n) is 1.76. The second kappa shape index (κ2) is 6.48. The van der Waals surface area contributed by atoms with E-state index in [9.17, 15) is 14.9 Å². The number of amides is 1. The van der Waals surface area contributed by atoms with Crippen LogP contribution in [0.15, 0.2) is 36.7 Å². The molecule has 0 aliphatic heterocycles. The quantitative estimate of drug-likeness (QED) is 0.404. The minimum absolute atomic E-state index is 0.146. The number of nitrogens with one attached hydrogen (secondary N) is 2. The van der Waals surface area contributed by atoms with E-state index in [2.05, 4.69) is 15.8 Å². The van der Waals surface area contributed by atoms with Gasteiger partial charge in [-0.2, -0.15) is 5.10 Å². The third kappa shape index (κ3) is 3.54. The topological polar surface area (TPSA) is 128 Å². The number of benzene rings is 1. The zero-order valence-corrected chi connectivity index (χ0v) is 11.0. The fourth-order valence-corrected chi connectivity index (χ4v) is 1.76. The van der Waals surface area contributed by atoms with Crippen LogP contribution in [0.4, 0.5) is 11.4 Å². The van der Waals surface area contributed by atoms with E-state index in [0.717, 1.165) is 0 Å². The molecule has 0 bridgehead atoms. The van der Waals surface area contributed by atoms with Crippen molar-refractivity contribution in [2.75, 3.05) is 12.0 Å². The minimum atomic E-state index is -0.601. The van der Waals surface area contributed by atoms with E-state index in [4.69, 9.17) is 5.84 Å². The molecule has 4 N–H and O–H groups in total. The Bertz CT molecular complexity index is 640. The molecule has 0 fully saturated rings. The fraction of sp³-hybridized carbons (Fsp3) is 0.167. The normalized spacial score (nSPS) is 10.1. The van der Waals surface area contributed by atoms with Gasteiger partial charge in [-0.1, -0.05) is 0 Å². The molecule has 0 aliphatic carbocycles. The third-order valence-corrected chi connectivity index (χ3v) is 2.80. The van der Waals surface area contributed by atoms with Gasteiger partial charge < -0.3 is 10.7 Å². The lowest BCUT2D eigenvalue weighted by molar-refractivity contribution is -0.384. The number of nitrogens with two attached hydrogens (primary N) is 1. The van der Waals surface area contributed by atoms with E-state index in [-0.39, 0.29) is 16.9 Å². The Morgan fingerprint density at radius 2 is 2.29 bits per heavy atom. The maximum absolute atomic E-state index is 11.9. The molecule has 9 heteroatoms. The van der Waals surface area contributed by atoms with Gasteiger partial charge in [0.2, 0.25) is 0 Å². The van der Waals surface area contributed by atoms with E-state index in [1.807, 2.05) is 0 Å². The van der Waals surface area contributed by atoms with Crippen molar-refractivity contribution in [3.63, 3.8) is 0 Å². The molecule has 1 aromatic carbocycles. The number of nitrogens with zero attached hydrogens (tertiary/aromatic N) is 3. The van der Waals surface area contributed by atoms with Crippen molar-refractivity contribution >= 4 is 17.3 Å². The van der Waals surface area contributed by atoms with Gasteiger partial charge in [-0.3, -0.25) is 25.4 Å². The molecule has 0 aliphatic rings. The van der Waals surface area contributed by atoms with E-state index in [0.29, 0.717) is 13.1 Å². The highest BCUT2D eigenvalue weighted by atomic mass is 16.6. The Balaban J connectivity index is 2.01. The van der Waals surface area contributed by atoms with Crippen molar-refractivity contribution in [3.05, 3.63) is 52.3 Å². The van der Waals surface area contributed by atoms with Crippen LogP contribution in [0, 0.1) is 10.1 Å². The van der Waals surface area contributed by atoms with Crippen LogP contribution in [0.3, 0.4) is 0 Å². The molecule has 0 unspecified atom stereocenters. The van der Waals surface area contributed by atoms with Crippen molar-refractivity contribution in [2.45, 2.75) is 6.54 Å². The summed E-state index contributed by atoms with van der Waals surface area (Å²) in [6.07, 6.45) is 3.42. The maximum Gasteiger partial charge on any atom is 0.294 e. The molecule has 2 aromatic rings. The number of hydrazine groups is 1. The van der Waals surface area contributed by atoms with E-state index in [1.165, 1.54) is 18.2 Å². The number of nitro groups is 1. The highest BCUT2D eigenvalue weighted by molar-refractivity contribution is 5.95. The predicted molar refractivity (Wildman–Crippen MR) is 75.5 cm³/mol. The maximum atomic E-state index is 11.9. The van der Waals surface area contributed by atoms with Crippen LogP contribution in [0.5, 0.6) is 0 Å². The highest BCUT2D eigenvalue weighted by Crippen LogP contribution is 2.24. The molecular formula is C12H14N6O3. The molecule has 1 heterocycles. The van der Waals surface area contributed by atoms with Gasteiger partial charge in [0.25, 0.3) is 11.6 Å². The number of nitro benzene ring substituents is 1. The third-order valence-electron chi connectivity index (χ3n) is 2.80. The SMILES string of the molecule is NNc1ccc(C(=O)NCCn2cccn2)cc1[N+](=O)[O-]. The Kier molecular flexibility index (Phi) is 4.46. The first-order chi connectivity index (χ1) is 10.1. The first-order valence-electron chi connectivity index (χ1n) is 6.12. The number of rotatable bonds is 6. The number of carbonyl (C=O) groups is 1. The summed E-state index contributed by atoms with van der Waals surface area (Å²) in [6.45, 7) is 0.883. The van der Waals surface area contributed by atoms with E-state index in [1.54, 1.807) is 23.1 Å². The Hall–Kier alpha value is -2.94. The van der Waals surface area contributed by atoms with Crippen LogP contribution in [0.1, 0.15) is 10.4 Å². The second-order valence-electron chi connectivity index (χ2n) is 4.16. The zero-order chi connectivity index (χ0) is 15.2. The summed E-state index contributed by atoms with van der Waals surface area (Å²) in [6, 6.07) is 5.81. The summed E-state index contributed by atoms with van der Waals surface area (Å²) in [5.41, 5.74) is 2.31. The number of hydrogen-bond acceptors (Lipinski definition) is 6. The molecule has 0 spiro atoms. The Morgan fingerprint density at radius 1 is 1.48 bits per heavy atom. The van der Waals surface area contributed by atoms with Crippen molar-refractivity contribution in [1.29, 1.82) is 0 Å². The van der Waals surface area contributed by atoms with E-state index >= 15 is 0 Å². The average Bonchev–Trinajstić information content (AvgIpc) is 2.99. The Morgan fingerprint density at radius 3 is 2.90 bits per heavy atom. The first-order valence-corrected chi connectivity index (χ1v) is 6.12. The number of anilines is 1. The Labute approximate surface area is 119 Å². The molecule has 21 heavy (non-hydrogen) atoms. The smallest absolute Gasteiger partial charge is 0.294 e. The molecule has 9 nitrogen and oxygen atoms in total. The summed E-state index contributed by atoms with van der Waals surface area (Å²) in [5, 5.41) is 17.6. The van der Waals surface area contributed by atoms with Crippen LogP contribution in [-0.2, 0) is 6.54 Å². The molecule has 110 valence electrons. The van der Waals surface area contributed by atoms with Crippen molar-refractivity contribution in [3.8, 4) is 0 Å². The molecule has 0 radical (unpaired) electrons. The second-order valence-corrected chi connectivity index (χ2v) is 4.16. The molecular weight excluding hydrogens is 276 g/mol. The number of hydrogen-bond donors (Lipinski definition) is 3. The van der Waals surface area contributed by atoms with Gasteiger partial charge in [-0.15, -0.1) is 0 Å². The average molecular weight is 290 g/mol. The monoisotopic (exact) mass is 290 g/mol. The molecule has 2 rings (SSSR count). The summed E-state index contributed by atoms with van der Waals surface area (Å²) in [4.78, 5) is 22.2. The van der Waals surface area contributed by atoms with Gasteiger partial charge in [0, 0.05) is 30.6 Å². The van der Waals surface area contributed by atoms with Gasteiger partial charge in [0.1, 0.15) is 5.69 Å². The van der Waals surface area contributed by atoms with Crippen molar-refractivity contribution in [1.82, 2.24) is 15.1 Å². The largest absolute Gasteiger partial charge is 0.350 e. The van der Waals surface area contributed by atoms with Crippen molar-refractivity contribution in [2.24, 2.45) is 5.84 Å². The molecule has 0 saturated carbocycles. The van der Waals surface area contributed by atoms with Crippen LogP contribution < -0.4 is 16.6 Å². The minimum Gasteiger partial charge on any atom is -0.350 e. The number of carbonyl (C=O) groups excluding carboxylic acids is 1. The standard InChI is InChI=1S/C12H14N6O3/c13-16-10-3-2-9(8-11(10)18(20)21)12(19)14-5-7-17-6-1-4-15-17/h1-4,6,8,16H,5,7,13H2,(H,14,19). The van der Waals surface area contributed by atoms with Gasteiger partial charge in [-0.25, -0.2) is 0 Å². The van der Waals surface area contributed by atoms with Gasteiger partial charge in [0.15, 0.2) is 0 Å². The molecule has 0 atom stereocenters. The zero-order valence-electron chi connectivity index (χ0n) is 11.0. The lowest BCUT2D eigenvalue weighted by Gasteiger charge is -2.07. The summed E-state index contributed by atoms with van der Waals surface area (Å²) in [5.74, 6) is 4.79. The number of nitrogen functional groups attached to an aromatic ring is 1. The van der Waals surface area contributed by atoms with Crippen LogP contribution in [-0.4, -0.2) is 27.2 Å². The van der Waals surface area contributed by atoms with Crippen molar-refractivity contribution < 1.29 is 9.72 Å².